The molecule has 2 aliphatic rings. The molecule has 2 aliphatic heterocycles. The topological polar surface area (TPSA) is 53.5 Å². The van der Waals surface area contributed by atoms with E-state index < -0.39 is 0 Å². The predicted octanol–water partition coefficient (Wildman–Crippen LogP) is 2.39. The number of rotatable bonds is 5. The summed E-state index contributed by atoms with van der Waals surface area (Å²) < 4.78 is 5.42. The summed E-state index contributed by atoms with van der Waals surface area (Å²) in [5.74, 6) is 1.93. The van der Waals surface area contributed by atoms with Crippen molar-refractivity contribution in [2.75, 3.05) is 49.6 Å². The molecule has 2 saturated heterocycles. The van der Waals surface area contributed by atoms with Crippen LogP contribution in [0.15, 0.2) is 42.7 Å². The van der Waals surface area contributed by atoms with Crippen LogP contribution in [0.2, 0.25) is 0 Å². The van der Waals surface area contributed by atoms with Gasteiger partial charge in [0.1, 0.15) is 18.0 Å². The summed E-state index contributed by atoms with van der Waals surface area (Å²) >= 11 is 0. The van der Waals surface area contributed by atoms with Gasteiger partial charge in [-0.05, 0) is 18.4 Å². The second kappa shape index (κ2) is 8.47. The van der Waals surface area contributed by atoms with Crippen molar-refractivity contribution in [3.05, 3.63) is 48.3 Å². The lowest BCUT2D eigenvalue weighted by atomic mass is 10.0. The molecular weight excluding hydrogens is 326 g/mol. The van der Waals surface area contributed by atoms with Crippen molar-refractivity contribution in [2.45, 2.75) is 25.4 Å². The monoisotopic (exact) mass is 353 g/mol. The zero-order valence-corrected chi connectivity index (χ0v) is 15.2. The molecule has 2 aromatic rings. The van der Waals surface area contributed by atoms with Gasteiger partial charge in [0.25, 0.3) is 0 Å². The molecule has 0 amide bonds. The van der Waals surface area contributed by atoms with Gasteiger partial charge in [-0.2, -0.15) is 0 Å². The molecule has 1 N–H and O–H groups in total. The van der Waals surface area contributed by atoms with Crippen molar-refractivity contribution in [2.24, 2.45) is 0 Å². The van der Waals surface area contributed by atoms with Gasteiger partial charge in [-0.15, -0.1) is 0 Å². The van der Waals surface area contributed by atoms with Crippen LogP contribution in [0.25, 0.3) is 0 Å². The Balaban J connectivity index is 1.29. The van der Waals surface area contributed by atoms with Crippen LogP contribution >= 0.6 is 0 Å². The largest absolute Gasteiger partial charge is 0.378 e. The number of hydrogen-bond donors (Lipinski definition) is 1. The maximum Gasteiger partial charge on any atom is 0.134 e. The first-order valence-corrected chi connectivity index (χ1v) is 9.54. The second-order valence-corrected chi connectivity index (χ2v) is 7.04. The molecule has 2 fully saturated rings. The first kappa shape index (κ1) is 17.2. The van der Waals surface area contributed by atoms with E-state index in [9.17, 15) is 0 Å². The second-order valence-electron chi connectivity index (χ2n) is 7.04. The Morgan fingerprint density at radius 3 is 2.54 bits per heavy atom. The van der Waals surface area contributed by atoms with Gasteiger partial charge in [0.2, 0.25) is 0 Å². The number of aromatic nitrogens is 2. The molecule has 0 atom stereocenters. The number of piperidine rings is 1. The molecule has 0 aliphatic carbocycles. The van der Waals surface area contributed by atoms with Crippen LogP contribution in [0.4, 0.5) is 11.6 Å². The molecular formula is C20H27N5O. The Labute approximate surface area is 155 Å². The fourth-order valence-electron chi connectivity index (χ4n) is 3.68. The van der Waals surface area contributed by atoms with E-state index in [4.69, 9.17) is 4.74 Å². The minimum Gasteiger partial charge on any atom is -0.378 e. The van der Waals surface area contributed by atoms with Gasteiger partial charge in [-0.3, -0.25) is 4.90 Å². The van der Waals surface area contributed by atoms with E-state index in [1.807, 2.05) is 0 Å². The fraction of sp³-hybridized carbons (Fsp3) is 0.500. The summed E-state index contributed by atoms with van der Waals surface area (Å²) in [4.78, 5) is 13.6. The highest BCUT2D eigenvalue weighted by Crippen LogP contribution is 2.20. The van der Waals surface area contributed by atoms with Gasteiger partial charge in [0.05, 0.1) is 13.2 Å². The molecule has 6 heteroatoms. The molecule has 1 aromatic heterocycles. The Hall–Kier alpha value is -2.18. The molecule has 0 bridgehead atoms. The standard InChI is InChI=1S/C20H27N5O/c1-2-4-17(5-3-1)15-24-8-6-18(7-9-24)23-19-14-20(22-16-21-19)25-10-12-26-13-11-25/h1-5,14,16,18H,6-13,15H2,(H,21,22,23). The van der Waals surface area contributed by atoms with Crippen molar-refractivity contribution in [3.63, 3.8) is 0 Å². The molecule has 4 rings (SSSR count). The number of hydrogen-bond acceptors (Lipinski definition) is 6. The van der Waals surface area contributed by atoms with Crippen molar-refractivity contribution >= 4 is 11.6 Å². The Kier molecular flexibility index (Phi) is 5.62. The summed E-state index contributed by atoms with van der Waals surface area (Å²) in [6.07, 6.45) is 3.95. The number of morpholine rings is 1. The van der Waals surface area contributed by atoms with E-state index in [0.717, 1.165) is 70.4 Å². The molecule has 1 aromatic carbocycles. The van der Waals surface area contributed by atoms with Crippen molar-refractivity contribution < 1.29 is 4.74 Å². The van der Waals surface area contributed by atoms with E-state index in [1.54, 1.807) is 6.33 Å². The first-order valence-electron chi connectivity index (χ1n) is 9.54. The molecule has 0 spiro atoms. The maximum atomic E-state index is 5.42. The van der Waals surface area contributed by atoms with Crippen molar-refractivity contribution in [1.82, 2.24) is 14.9 Å². The number of benzene rings is 1. The van der Waals surface area contributed by atoms with Gasteiger partial charge in [-0.25, -0.2) is 9.97 Å². The number of nitrogens with zero attached hydrogens (tertiary/aromatic N) is 4. The minimum atomic E-state index is 0.481. The summed E-state index contributed by atoms with van der Waals surface area (Å²) in [5.41, 5.74) is 1.39. The van der Waals surface area contributed by atoms with Crippen LogP contribution in [-0.2, 0) is 11.3 Å². The quantitative estimate of drug-likeness (QED) is 0.891. The Morgan fingerprint density at radius 2 is 1.77 bits per heavy atom. The van der Waals surface area contributed by atoms with Crippen LogP contribution in [0.1, 0.15) is 18.4 Å². The van der Waals surface area contributed by atoms with E-state index in [-0.39, 0.29) is 0 Å². The summed E-state index contributed by atoms with van der Waals surface area (Å²) in [6, 6.07) is 13.3. The zero-order valence-electron chi connectivity index (χ0n) is 15.2. The SMILES string of the molecule is c1ccc(CN2CCC(Nc3cc(N4CCOCC4)ncn3)CC2)cc1. The van der Waals surface area contributed by atoms with E-state index in [0.29, 0.717) is 6.04 Å². The number of likely N-dealkylation sites (tertiary alicyclic amines) is 1. The highest BCUT2D eigenvalue weighted by Gasteiger charge is 2.20. The van der Waals surface area contributed by atoms with E-state index in [2.05, 4.69) is 61.5 Å². The Bertz CT molecular complexity index is 682. The van der Waals surface area contributed by atoms with Gasteiger partial charge >= 0.3 is 0 Å². The van der Waals surface area contributed by atoms with E-state index in [1.165, 1.54) is 5.56 Å². The summed E-state index contributed by atoms with van der Waals surface area (Å²) in [6.45, 7) is 6.62. The van der Waals surface area contributed by atoms with Crippen molar-refractivity contribution in [3.8, 4) is 0 Å². The van der Waals surface area contributed by atoms with Crippen molar-refractivity contribution in [1.29, 1.82) is 0 Å². The lowest BCUT2D eigenvalue weighted by molar-refractivity contribution is 0.122. The molecule has 0 saturated carbocycles. The smallest absolute Gasteiger partial charge is 0.134 e. The zero-order chi connectivity index (χ0) is 17.6. The predicted molar refractivity (Wildman–Crippen MR) is 103 cm³/mol. The maximum absolute atomic E-state index is 5.42. The first-order chi connectivity index (χ1) is 12.9. The lowest BCUT2D eigenvalue weighted by Crippen LogP contribution is -2.39. The third-order valence-electron chi connectivity index (χ3n) is 5.18. The summed E-state index contributed by atoms with van der Waals surface area (Å²) in [7, 11) is 0. The van der Waals surface area contributed by atoms with Crippen LogP contribution in [0, 0.1) is 0 Å². The van der Waals surface area contributed by atoms with Crippen LogP contribution in [0.5, 0.6) is 0 Å². The number of nitrogens with one attached hydrogen (secondary N) is 1. The number of ether oxygens (including phenoxy) is 1. The molecule has 6 nitrogen and oxygen atoms in total. The Morgan fingerprint density at radius 1 is 1.00 bits per heavy atom. The minimum absolute atomic E-state index is 0.481. The fourth-order valence-corrected chi connectivity index (χ4v) is 3.68. The lowest BCUT2D eigenvalue weighted by Gasteiger charge is -2.33. The average Bonchev–Trinajstić information content (AvgIpc) is 2.71. The molecule has 26 heavy (non-hydrogen) atoms. The van der Waals surface area contributed by atoms with E-state index >= 15 is 0 Å². The van der Waals surface area contributed by atoms with Gasteiger partial charge < -0.3 is 15.0 Å². The third-order valence-corrected chi connectivity index (χ3v) is 5.18. The molecule has 0 unspecified atom stereocenters. The third kappa shape index (κ3) is 4.51. The average molecular weight is 353 g/mol. The van der Waals surface area contributed by atoms with Gasteiger partial charge in [0, 0.05) is 44.8 Å². The van der Waals surface area contributed by atoms with Gasteiger partial charge in [0.15, 0.2) is 0 Å². The van der Waals surface area contributed by atoms with Gasteiger partial charge in [-0.1, -0.05) is 30.3 Å². The molecule has 0 radical (unpaired) electrons. The highest BCUT2D eigenvalue weighted by atomic mass is 16.5. The normalized spacial score (nSPS) is 19.5. The molecule has 3 heterocycles. The number of anilines is 2. The van der Waals surface area contributed by atoms with Crippen LogP contribution < -0.4 is 10.2 Å². The van der Waals surface area contributed by atoms with Crippen LogP contribution in [-0.4, -0.2) is 60.3 Å². The molecule has 138 valence electrons. The van der Waals surface area contributed by atoms with Crippen LogP contribution in [0.3, 0.4) is 0 Å². The summed E-state index contributed by atoms with van der Waals surface area (Å²) in [5, 5.41) is 3.61. The highest BCUT2D eigenvalue weighted by molar-refractivity contribution is 5.49.